The molecule has 0 radical (unpaired) electrons. The first kappa shape index (κ1) is 26.3. The van der Waals surface area contributed by atoms with Gasteiger partial charge in [-0.1, -0.05) is 37.6 Å². The van der Waals surface area contributed by atoms with E-state index in [4.69, 9.17) is 21.3 Å². The highest BCUT2D eigenvalue weighted by molar-refractivity contribution is 6.33. The van der Waals surface area contributed by atoms with Crippen LogP contribution in [0.5, 0.6) is 0 Å². The Kier molecular flexibility index (Phi) is 6.75. The highest BCUT2D eigenvalue weighted by atomic mass is 35.5. The maximum atomic E-state index is 14.9. The lowest BCUT2D eigenvalue weighted by Gasteiger charge is -2.23. The Morgan fingerprint density at radius 3 is 2.73 bits per heavy atom. The van der Waals surface area contributed by atoms with E-state index in [1.807, 2.05) is 31.7 Å². The first-order valence-electron chi connectivity index (χ1n) is 13.2. The van der Waals surface area contributed by atoms with Crippen molar-refractivity contribution in [2.45, 2.75) is 45.3 Å². The Balaban J connectivity index is 1.56. The molecule has 1 N–H and O–H groups in total. The number of nitrogens with one attached hydrogen (secondary N) is 1. The molecule has 40 heavy (non-hydrogen) atoms. The van der Waals surface area contributed by atoms with Crippen molar-refractivity contribution < 1.29 is 13.9 Å². The molecule has 9 nitrogen and oxygen atoms in total. The van der Waals surface area contributed by atoms with Gasteiger partial charge in [0.25, 0.3) is 5.91 Å². The Morgan fingerprint density at radius 1 is 1.23 bits per heavy atom. The summed E-state index contributed by atoms with van der Waals surface area (Å²) in [4.78, 5) is 42.0. The van der Waals surface area contributed by atoms with E-state index in [9.17, 15) is 14.0 Å². The molecular formula is C29H28ClFN6O3. The summed E-state index contributed by atoms with van der Waals surface area (Å²) in [7, 11) is 0. The second kappa shape index (κ2) is 10.3. The predicted molar refractivity (Wildman–Crippen MR) is 151 cm³/mol. The highest BCUT2D eigenvalue weighted by Gasteiger charge is 2.35. The number of hydrogen-bond acceptors (Lipinski definition) is 7. The van der Waals surface area contributed by atoms with Crippen molar-refractivity contribution in [3.05, 3.63) is 75.2 Å². The van der Waals surface area contributed by atoms with E-state index in [-0.39, 0.29) is 40.3 Å². The van der Waals surface area contributed by atoms with Crippen LogP contribution < -0.4 is 15.9 Å². The zero-order chi connectivity index (χ0) is 28.1. The summed E-state index contributed by atoms with van der Waals surface area (Å²) < 4.78 is 21.4. The van der Waals surface area contributed by atoms with Crippen molar-refractivity contribution in [1.82, 2.24) is 24.8 Å². The number of aryl methyl sites for hydroxylation is 1. The minimum atomic E-state index is -0.534. The van der Waals surface area contributed by atoms with Crippen LogP contribution in [0.1, 0.15) is 37.4 Å². The summed E-state index contributed by atoms with van der Waals surface area (Å²) >= 11 is 6.73. The average Bonchev–Trinajstić information content (AvgIpc) is 3.68. The van der Waals surface area contributed by atoms with Crippen LogP contribution in [-0.4, -0.2) is 57.3 Å². The van der Waals surface area contributed by atoms with Crippen molar-refractivity contribution in [2.75, 3.05) is 24.6 Å². The molecule has 2 unspecified atom stereocenters. The van der Waals surface area contributed by atoms with Crippen molar-refractivity contribution in [1.29, 1.82) is 0 Å². The van der Waals surface area contributed by atoms with E-state index in [1.54, 1.807) is 30.5 Å². The number of carbonyl (C=O) groups is 1. The van der Waals surface area contributed by atoms with E-state index in [0.29, 0.717) is 54.3 Å². The van der Waals surface area contributed by atoms with Crippen LogP contribution in [0.2, 0.25) is 5.02 Å². The van der Waals surface area contributed by atoms with Crippen molar-refractivity contribution >= 4 is 34.4 Å². The number of benzene rings is 1. The van der Waals surface area contributed by atoms with Gasteiger partial charge in [0, 0.05) is 30.9 Å². The molecule has 0 aliphatic carbocycles. The number of rotatable bonds is 6. The molecule has 11 heteroatoms. The largest absolute Gasteiger partial charge is 0.363 e. The monoisotopic (exact) mass is 562 g/mol. The molecule has 4 aromatic rings. The summed E-state index contributed by atoms with van der Waals surface area (Å²) in [5, 5.41) is 3.78. The number of aromatic nitrogens is 4. The predicted octanol–water partition coefficient (Wildman–Crippen LogP) is 4.16. The molecule has 2 aliphatic rings. The standard InChI is InChI=1S/C29H28ClFN6O3/c1-15(2)23-25(16(3)8-10-32-23)37-27-19(12-20(30)24(34-27)18-6-4-5-7-21(18)31)26(35-29(37)39)36-11-9-17(13-36)33-28(38)22-14-40-22/h4-8,10,12,15,17,22H,9,11,13-14H2,1-3H3,(H,33,38). The van der Waals surface area contributed by atoms with E-state index < -0.39 is 11.5 Å². The molecule has 0 saturated carbocycles. The minimum absolute atomic E-state index is 0.00765. The average molecular weight is 563 g/mol. The topological polar surface area (TPSA) is 106 Å². The Hall–Kier alpha value is -3.89. The number of anilines is 1. The molecule has 3 aromatic heterocycles. The number of pyridine rings is 2. The first-order valence-corrected chi connectivity index (χ1v) is 13.6. The Bertz CT molecular complexity index is 1700. The molecule has 2 atom stereocenters. The second-order valence-electron chi connectivity index (χ2n) is 10.5. The van der Waals surface area contributed by atoms with Gasteiger partial charge in [0.1, 0.15) is 11.6 Å². The smallest absolute Gasteiger partial charge is 0.355 e. The molecule has 2 aliphatic heterocycles. The van der Waals surface area contributed by atoms with E-state index >= 15 is 0 Å². The lowest BCUT2D eigenvalue weighted by Crippen LogP contribution is -2.40. The van der Waals surface area contributed by atoms with Crippen LogP contribution in [0.15, 0.2) is 47.4 Å². The number of amides is 1. The van der Waals surface area contributed by atoms with Crippen LogP contribution in [0.4, 0.5) is 10.2 Å². The quantitative estimate of drug-likeness (QED) is 0.352. The highest BCUT2D eigenvalue weighted by Crippen LogP contribution is 2.36. The first-order chi connectivity index (χ1) is 19.2. The van der Waals surface area contributed by atoms with Gasteiger partial charge in [-0.2, -0.15) is 4.98 Å². The third-order valence-electron chi connectivity index (χ3n) is 7.32. The lowest BCUT2D eigenvalue weighted by molar-refractivity contribution is -0.122. The molecule has 6 rings (SSSR count). The number of halogens is 2. The fourth-order valence-corrected chi connectivity index (χ4v) is 5.49. The van der Waals surface area contributed by atoms with Gasteiger partial charge in [-0.25, -0.2) is 18.7 Å². The van der Waals surface area contributed by atoms with E-state index in [2.05, 4.69) is 15.3 Å². The van der Waals surface area contributed by atoms with Gasteiger partial charge >= 0.3 is 5.69 Å². The van der Waals surface area contributed by atoms with Crippen LogP contribution in [0, 0.1) is 12.7 Å². The van der Waals surface area contributed by atoms with Gasteiger partial charge < -0.3 is 15.0 Å². The summed E-state index contributed by atoms with van der Waals surface area (Å²) in [6.07, 6.45) is 2.01. The third kappa shape index (κ3) is 4.71. The summed E-state index contributed by atoms with van der Waals surface area (Å²) in [5.41, 5.74) is 2.35. The second-order valence-corrected chi connectivity index (χ2v) is 10.9. The number of epoxide rings is 1. The molecule has 5 heterocycles. The van der Waals surface area contributed by atoms with Gasteiger partial charge in [-0.05, 0) is 49.1 Å². The van der Waals surface area contributed by atoms with Crippen LogP contribution in [-0.2, 0) is 9.53 Å². The Morgan fingerprint density at radius 2 is 2.00 bits per heavy atom. The zero-order valence-corrected chi connectivity index (χ0v) is 23.1. The normalized spacial score (nSPS) is 18.5. The maximum Gasteiger partial charge on any atom is 0.355 e. The number of hydrogen-bond donors (Lipinski definition) is 1. The number of ether oxygens (including phenoxy) is 1. The van der Waals surface area contributed by atoms with Crippen LogP contribution in [0.25, 0.3) is 28.0 Å². The van der Waals surface area contributed by atoms with E-state index in [1.165, 1.54) is 10.6 Å². The van der Waals surface area contributed by atoms with Gasteiger partial charge in [-0.3, -0.25) is 9.78 Å². The molecule has 2 fully saturated rings. The maximum absolute atomic E-state index is 14.9. The third-order valence-corrected chi connectivity index (χ3v) is 7.60. The molecule has 206 valence electrons. The van der Waals surface area contributed by atoms with Crippen LogP contribution in [0.3, 0.4) is 0 Å². The molecule has 0 spiro atoms. The zero-order valence-electron chi connectivity index (χ0n) is 22.3. The lowest BCUT2D eigenvalue weighted by atomic mass is 10.0. The number of carbonyl (C=O) groups excluding carboxylic acids is 1. The molecule has 1 amide bonds. The molecule has 2 saturated heterocycles. The minimum Gasteiger partial charge on any atom is -0.363 e. The van der Waals surface area contributed by atoms with Gasteiger partial charge in [0.15, 0.2) is 11.8 Å². The Labute approximate surface area is 235 Å². The number of fused-ring (bicyclic) bond motifs is 1. The fourth-order valence-electron chi connectivity index (χ4n) is 5.24. The van der Waals surface area contributed by atoms with Crippen LogP contribution >= 0.6 is 11.6 Å². The van der Waals surface area contributed by atoms with Gasteiger partial charge in [-0.15, -0.1) is 0 Å². The molecule has 1 aromatic carbocycles. The number of nitrogens with zero attached hydrogens (tertiary/aromatic N) is 5. The van der Waals surface area contributed by atoms with Gasteiger partial charge in [0.05, 0.1) is 34.1 Å². The van der Waals surface area contributed by atoms with Crippen molar-refractivity contribution in [3.8, 4) is 16.9 Å². The molecular weight excluding hydrogens is 535 g/mol. The summed E-state index contributed by atoms with van der Waals surface area (Å²) in [5.74, 6) is -0.184. The van der Waals surface area contributed by atoms with Crippen molar-refractivity contribution in [2.24, 2.45) is 0 Å². The fraction of sp³-hybridized carbons (Fsp3) is 0.345. The van der Waals surface area contributed by atoms with Gasteiger partial charge in [0.2, 0.25) is 0 Å². The van der Waals surface area contributed by atoms with Crippen molar-refractivity contribution in [3.63, 3.8) is 0 Å². The molecule has 0 bridgehead atoms. The van der Waals surface area contributed by atoms with E-state index in [0.717, 1.165) is 5.56 Å². The summed E-state index contributed by atoms with van der Waals surface area (Å²) in [6.45, 7) is 7.37. The SMILES string of the molecule is Cc1ccnc(C(C)C)c1-n1c(=O)nc(N2CCC(NC(=O)C3CO3)C2)c2cc(Cl)c(-c3ccccc3F)nc21. The summed E-state index contributed by atoms with van der Waals surface area (Å²) in [6, 6.07) is 9.65.